The lowest BCUT2D eigenvalue weighted by atomic mass is 9.67. The Labute approximate surface area is 130 Å². The highest BCUT2D eigenvalue weighted by atomic mass is 16.6. The van der Waals surface area contributed by atoms with Gasteiger partial charge in [-0.05, 0) is 45.1 Å². The van der Waals surface area contributed by atoms with Crippen LogP contribution in [0.3, 0.4) is 0 Å². The van der Waals surface area contributed by atoms with Crippen LogP contribution in [0.15, 0.2) is 24.3 Å². The monoisotopic (exact) mass is 302 g/mol. The molecule has 3 rings (SSSR count). The van der Waals surface area contributed by atoms with E-state index in [4.69, 9.17) is 4.74 Å². The predicted molar refractivity (Wildman–Crippen MR) is 81.6 cm³/mol. The van der Waals surface area contributed by atoms with E-state index in [9.17, 15) is 14.7 Å². The van der Waals surface area contributed by atoms with Crippen LogP contribution in [0.25, 0.3) is 0 Å². The van der Waals surface area contributed by atoms with E-state index in [0.717, 1.165) is 18.4 Å². The van der Waals surface area contributed by atoms with Gasteiger partial charge in [0.15, 0.2) is 0 Å². The molecule has 118 valence electrons. The summed E-state index contributed by atoms with van der Waals surface area (Å²) in [5, 5.41) is 11.1. The van der Waals surface area contributed by atoms with Crippen molar-refractivity contribution in [3.63, 3.8) is 0 Å². The van der Waals surface area contributed by atoms with Gasteiger partial charge in [-0.25, -0.2) is 4.79 Å². The molecule has 3 atom stereocenters. The highest BCUT2D eigenvalue weighted by Gasteiger charge is 2.60. The normalized spacial score (nSPS) is 30.6. The van der Waals surface area contributed by atoms with Crippen LogP contribution in [0, 0.1) is 5.92 Å². The number of Topliss-reactive ketones (excluding diaryl/α,β-unsaturated/α-hetero) is 1. The third-order valence-corrected chi connectivity index (χ3v) is 4.71. The van der Waals surface area contributed by atoms with Gasteiger partial charge in [0.25, 0.3) is 0 Å². The maximum atomic E-state index is 12.9. The Morgan fingerprint density at radius 3 is 2.64 bits per heavy atom. The van der Waals surface area contributed by atoms with Crippen molar-refractivity contribution in [3.8, 4) is 0 Å². The number of carbonyl (C=O) groups is 2. The summed E-state index contributed by atoms with van der Waals surface area (Å²) >= 11 is 0. The number of benzene rings is 1. The molecule has 2 aliphatic carbocycles. The van der Waals surface area contributed by atoms with Crippen LogP contribution >= 0.6 is 0 Å². The molecule has 2 aliphatic rings. The Hall–Kier alpha value is -1.68. The van der Waals surface area contributed by atoms with E-state index < -0.39 is 23.0 Å². The van der Waals surface area contributed by atoms with Crippen molar-refractivity contribution in [1.29, 1.82) is 0 Å². The number of fused-ring (bicyclic) bond motifs is 3. The number of carbonyl (C=O) groups excluding carboxylic acids is 2. The Bertz CT molecular complexity index is 628. The highest BCUT2D eigenvalue weighted by molar-refractivity contribution is 6.17. The number of hydrogen-bond acceptors (Lipinski definition) is 4. The molecule has 0 spiro atoms. The fourth-order valence-corrected chi connectivity index (χ4v) is 3.83. The molecule has 0 unspecified atom stereocenters. The maximum absolute atomic E-state index is 12.9. The number of rotatable bonds is 1. The SMILES string of the molecule is CC(C)(C)OC(=O)[C@@]1(O)C(=O)c2ccccc2[C@H]2CCC[C@H]21. The molecule has 0 bridgehead atoms. The summed E-state index contributed by atoms with van der Waals surface area (Å²) in [6.45, 7) is 5.21. The molecule has 1 aromatic carbocycles. The van der Waals surface area contributed by atoms with Gasteiger partial charge in [-0.15, -0.1) is 0 Å². The molecule has 1 saturated carbocycles. The highest BCUT2D eigenvalue weighted by Crippen LogP contribution is 2.51. The molecule has 1 N–H and O–H groups in total. The zero-order valence-corrected chi connectivity index (χ0v) is 13.3. The molecular formula is C18H22O4. The average molecular weight is 302 g/mol. The van der Waals surface area contributed by atoms with E-state index in [-0.39, 0.29) is 11.8 Å². The van der Waals surface area contributed by atoms with Gasteiger partial charge in [-0.1, -0.05) is 30.7 Å². The van der Waals surface area contributed by atoms with Crippen LogP contribution in [-0.4, -0.2) is 28.1 Å². The number of esters is 1. The summed E-state index contributed by atoms with van der Waals surface area (Å²) in [6, 6.07) is 7.30. The van der Waals surface area contributed by atoms with E-state index in [1.165, 1.54) is 0 Å². The molecule has 0 aromatic heterocycles. The minimum Gasteiger partial charge on any atom is -0.457 e. The first-order valence-corrected chi connectivity index (χ1v) is 7.84. The van der Waals surface area contributed by atoms with Crippen LogP contribution in [0.2, 0.25) is 0 Å². The molecule has 0 aliphatic heterocycles. The predicted octanol–water partition coefficient (Wildman–Crippen LogP) is 2.84. The molecular weight excluding hydrogens is 280 g/mol. The maximum Gasteiger partial charge on any atom is 0.347 e. The fraction of sp³-hybridized carbons (Fsp3) is 0.556. The summed E-state index contributed by atoms with van der Waals surface area (Å²) in [5.74, 6) is -1.66. The van der Waals surface area contributed by atoms with E-state index in [0.29, 0.717) is 12.0 Å². The van der Waals surface area contributed by atoms with Crippen LogP contribution in [0.1, 0.15) is 61.9 Å². The lowest BCUT2D eigenvalue weighted by Gasteiger charge is -2.40. The minimum absolute atomic E-state index is 0.0476. The number of hydrogen-bond donors (Lipinski definition) is 1. The molecule has 0 radical (unpaired) electrons. The van der Waals surface area contributed by atoms with Gasteiger partial charge in [0.1, 0.15) is 5.60 Å². The number of ether oxygens (including phenoxy) is 1. The van der Waals surface area contributed by atoms with Crippen molar-refractivity contribution in [2.75, 3.05) is 0 Å². The van der Waals surface area contributed by atoms with Crippen molar-refractivity contribution in [1.82, 2.24) is 0 Å². The zero-order valence-electron chi connectivity index (χ0n) is 13.3. The lowest BCUT2D eigenvalue weighted by Crippen LogP contribution is -2.58. The summed E-state index contributed by atoms with van der Waals surface area (Å²) < 4.78 is 5.36. The molecule has 0 heterocycles. The summed E-state index contributed by atoms with van der Waals surface area (Å²) in [4.78, 5) is 25.5. The number of aliphatic hydroxyl groups is 1. The quantitative estimate of drug-likeness (QED) is 0.640. The first-order valence-electron chi connectivity index (χ1n) is 7.84. The lowest BCUT2D eigenvalue weighted by molar-refractivity contribution is -0.177. The second-order valence-electron chi connectivity index (χ2n) is 7.33. The smallest absolute Gasteiger partial charge is 0.347 e. The molecule has 0 saturated heterocycles. The summed E-state index contributed by atoms with van der Waals surface area (Å²) in [5.41, 5.74) is -1.37. The third-order valence-electron chi connectivity index (χ3n) is 4.71. The van der Waals surface area contributed by atoms with Gasteiger partial charge in [-0.2, -0.15) is 0 Å². The van der Waals surface area contributed by atoms with Crippen LogP contribution < -0.4 is 0 Å². The van der Waals surface area contributed by atoms with E-state index in [2.05, 4.69) is 0 Å². The second-order valence-corrected chi connectivity index (χ2v) is 7.33. The standard InChI is InChI=1S/C18H22O4/c1-17(2,3)22-16(20)18(21)14-10-6-9-12(14)11-7-4-5-8-13(11)15(18)19/h4-5,7-8,12,14,21H,6,9-10H2,1-3H3/t12-,14-,18+/m1/s1. The molecule has 1 aromatic rings. The van der Waals surface area contributed by atoms with Crippen molar-refractivity contribution < 1.29 is 19.4 Å². The van der Waals surface area contributed by atoms with Gasteiger partial charge < -0.3 is 9.84 Å². The topological polar surface area (TPSA) is 63.6 Å². The Balaban J connectivity index is 2.08. The Kier molecular flexibility index (Phi) is 3.40. The summed E-state index contributed by atoms with van der Waals surface area (Å²) in [6.07, 6.45) is 2.46. The van der Waals surface area contributed by atoms with Crippen molar-refractivity contribution in [2.24, 2.45) is 5.92 Å². The Morgan fingerprint density at radius 1 is 1.27 bits per heavy atom. The van der Waals surface area contributed by atoms with Crippen molar-refractivity contribution >= 4 is 11.8 Å². The van der Waals surface area contributed by atoms with Gasteiger partial charge in [0.05, 0.1) is 0 Å². The first-order chi connectivity index (χ1) is 10.2. The van der Waals surface area contributed by atoms with E-state index in [1.807, 2.05) is 12.1 Å². The molecule has 4 nitrogen and oxygen atoms in total. The van der Waals surface area contributed by atoms with Crippen molar-refractivity contribution in [3.05, 3.63) is 35.4 Å². The molecule has 0 amide bonds. The fourth-order valence-electron chi connectivity index (χ4n) is 3.83. The molecule has 22 heavy (non-hydrogen) atoms. The largest absolute Gasteiger partial charge is 0.457 e. The second kappa shape index (κ2) is 4.92. The van der Waals surface area contributed by atoms with E-state index >= 15 is 0 Å². The Morgan fingerprint density at radius 2 is 1.95 bits per heavy atom. The van der Waals surface area contributed by atoms with Crippen molar-refractivity contribution in [2.45, 2.75) is 57.2 Å². The van der Waals surface area contributed by atoms with Gasteiger partial charge in [0.2, 0.25) is 11.4 Å². The van der Waals surface area contributed by atoms with Crippen LogP contribution in [-0.2, 0) is 9.53 Å². The van der Waals surface area contributed by atoms with Crippen LogP contribution in [0.5, 0.6) is 0 Å². The third kappa shape index (κ3) is 2.17. The molecule has 4 heteroatoms. The van der Waals surface area contributed by atoms with Gasteiger partial charge >= 0.3 is 5.97 Å². The van der Waals surface area contributed by atoms with Gasteiger partial charge in [0, 0.05) is 11.5 Å². The van der Waals surface area contributed by atoms with Gasteiger partial charge in [-0.3, -0.25) is 4.79 Å². The van der Waals surface area contributed by atoms with E-state index in [1.54, 1.807) is 32.9 Å². The molecule has 1 fully saturated rings. The zero-order chi connectivity index (χ0) is 16.1. The first kappa shape index (κ1) is 15.2. The minimum atomic E-state index is -2.05. The summed E-state index contributed by atoms with van der Waals surface area (Å²) in [7, 11) is 0. The average Bonchev–Trinajstić information content (AvgIpc) is 2.93. The van der Waals surface area contributed by atoms with Crippen LogP contribution in [0.4, 0.5) is 0 Å². The number of ketones is 1.